The van der Waals surface area contributed by atoms with Crippen LogP contribution < -0.4 is 0 Å². The third-order valence-corrected chi connectivity index (χ3v) is 3.54. The first-order chi connectivity index (χ1) is 10.3. The van der Waals surface area contributed by atoms with Gasteiger partial charge in [0, 0.05) is 10.9 Å². The zero-order chi connectivity index (χ0) is 15.9. The molecule has 0 amide bonds. The van der Waals surface area contributed by atoms with Crippen LogP contribution >= 0.6 is 0 Å². The fourth-order valence-electron chi connectivity index (χ4n) is 2.68. The van der Waals surface area contributed by atoms with Crippen LogP contribution in [0.5, 0.6) is 0 Å². The molecule has 0 aliphatic heterocycles. The molecule has 0 fully saturated rings. The predicted molar refractivity (Wildman–Crippen MR) is 81.7 cm³/mol. The Labute approximate surface area is 126 Å². The van der Waals surface area contributed by atoms with E-state index < -0.39 is 11.7 Å². The molecule has 1 nitrogen and oxygen atoms in total. The fourth-order valence-corrected chi connectivity index (χ4v) is 2.68. The Morgan fingerprint density at radius 3 is 2.14 bits per heavy atom. The summed E-state index contributed by atoms with van der Waals surface area (Å²) in [6, 6.07) is 13.2. The van der Waals surface area contributed by atoms with Crippen LogP contribution in [0.4, 0.5) is 13.2 Å². The van der Waals surface area contributed by atoms with Crippen LogP contribution in [0.2, 0.25) is 0 Å². The van der Waals surface area contributed by atoms with Gasteiger partial charge in [0.25, 0.3) is 0 Å². The van der Waals surface area contributed by atoms with Crippen LogP contribution in [0.1, 0.15) is 16.7 Å². The first kappa shape index (κ1) is 14.6. The van der Waals surface area contributed by atoms with Crippen molar-refractivity contribution in [1.29, 1.82) is 0 Å². The Hall–Kier alpha value is -2.36. The van der Waals surface area contributed by atoms with Gasteiger partial charge in [-0.2, -0.15) is 13.2 Å². The summed E-state index contributed by atoms with van der Waals surface area (Å²) in [5.41, 5.74) is 2.75. The third kappa shape index (κ3) is 2.69. The lowest BCUT2D eigenvalue weighted by Crippen LogP contribution is -2.07. The lowest BCUT2D eigenvalue weighted by molar-refractivity contribution is -0.136. The Morgan fingerprint density at radius 2 is 1.50 bits per heavy atom. The third-order valence-electron chi connectivity index (χ3n) is 3.54. The highest BCUT2D eigenvalue weighted by Gasteiger charge is 2.33. The standard InChI is InChI=1S/C18H14F3N/c1-11-7-12(2)9-13(8-11)17-10-15(18(19,20)21)14-5-3-4-6-16(14)22-17/h3-10H,1-2H3. The SMILES string of the molecule is Cc1cc(C)cc(-c2cc(C(F)(F)F)c3ccccc3n2)c1. The van der Waals surface area contributed by atoms with E-state index in [4.69, 9.17) is 0 Å². The minimum atomic E-state index is -4.41. The van der Waals surface area contributed by atoms with Gasteiger partial charge in [-0.1, -0.05) is 35.4 Å². The summed E-state index contributed by atoms with van der Waals surface area (Å²) in [6.45, 7) is 3.84. The van der Waals surface area contributed by atoms with Crippen LogP contribution in [0.15, 0.2) is 48.5 Å². The van der Waals surface area contributed by atoms with E-state index in [2.05, 4.69) is 4.98 Å². The van der Waals surface area contributed by atoms with Crippen molar-refractivity contribution in [3.8, 4) is 11.3 Å². The number of aromatic nitrogens is 1. The first-order valence-electron chi connectivity index (χ1n) is 6.90. The average Bonchev–Trinajstić information content (AvgIpc) is 2.44. The number of para-hydroxylation sites is 1. The fraction of sp³-hybridized carbons (Fsp3) is 0.167. The topological polar surface area (TPSA) is 12.9 Å². The second-order valence-electron chi connectivity index (χ2n) is 5.45. The molecule has 1 aromatic heterocycles. The molecule has 0 atom stereocenters. The lowest BCUT2D eigenvalue weighted by atomic mass is 10.0. The normalized spacial score (nSPS) is 11.9. The second-order valence-corrected chi connectivity index (χ2v) is 5.45. The highest BCUT2D eigenvalue weighted by Crippen LogP contribution is 2.36. The summed E-state index contributed by atoms with van der Waals surface area (Å²) in [5.74, 6) is 0. The molecule has 0 aliphatic carbocycles. The summed E-state index contributed by atoms with van der Waals surface area (Å²) >= 11 is 0. The summed E-state index contributed by atoms with van der Waals surface area (Å²) in [4.78, 5) is 4.40. The summed E-state index contributed by atoms with van der Waals surface area (Å²) in [7, 11) is 0. The van der Waals surface area contributed by atoms with Crippen LogP contribution in [-0.2, 0) is 6.18 Å². The van der Waals surface area contributed by atoms with Crippen molar-refractivity contribution in [2.75, 3.05) is 0 Å². The molecule has 0 saturated carbocycles. The van der Waals surface area contributed by atoms with Gasteiger partial charge in [-0.25, -0.2) is 4.98 Å². The Bertz CT molecular complexity index is 830. The summed E-state index contributed by atoms with van der Waals surface area (Å²) in [6.07, 6.45) is -4.41. The molecular weight excluding hydrogens is 287 g/mol. The van der Waals surface area contributed by atoms with E-state index in [1.165, 1.54) is 6.07 Å². The van der Waals surface area contributed by atoms with E-state index in [0.717, 1.165) is 17.2 Å². The number of hydrogen-bond acceptors (Lipinski definition) is 1. The smallest absolute Gasteiger partial charge is 0.248 e. The van der Waals surface area contributed by atoms with Gasteiger partial charge in [-0.3, -0.25) is 0 Å². The van der Waals surface area contributed by atoms with Crippen molar-refractivity contribution < 1.29 is 13.2 Å². The van der Waals surface area contributed by atoms with Gasteiger partial charge in [0.05, 0.1) is 16.8 Å². The number of rotatable bonds is 1. The van der Waals surface area contributed by atoms with E-state index in [1.807, 2.05) is 32.0 Å². The van der Waals surface area contributed by atoms with E-state index >= 15 is 0 Å². The van der Waals surface area contributed by atoms with Crippen LogP contribution in [-0.4, -0.2) is 4.98 Å². The van der Waals surface area contributed by atoms with Crippen molar-refractivity contribution >= 4 is 10.9 Å². The largest absolute Gasteiger partial charge is 0.417 e. The molecule has 112 valence electrons. The van der Waals surface area contributed by atoms with Crippen molar-refractivity contribution in [1.82, 2.24) is 4.98 Å². The zero-order valence-electron chi connectivity index (χ0n) is 12.2. The number of benzene rings is 2. The molecule has 0 spiro atoms. The predicted octanol–water partition coefficient (Wildman–Crippen LogP) is 5.54. The van der Waals surface area contributed by atoms with Crippen LogP contribution in [0.3, 0.4) is 0 Å². The van der Waals surface area contributed by atoms with Gasteiger partial charge >= 0.3 is 6.18 Å². The van der Waals surface area contributed by atoms with Crippen molar-refractivity contribution in [3.63, 3.8) is 0 Å². The Morgan fingerprint density at radius 1 is 0.864 bits per heavy atom. The maximum absolute atomic E-state index is 13.3. The summed E-state index contributed by atoms with van der Waals surface area (Å²) < 4.78 is 40.0. The van der Waals surface area contributed by atoms with Crippen molar-refractivity contribution in [3.05, 3.63) is 65.2 Å². The molecule has 0 N–H and O–H groups in total. The molecule has 1 heterocycles. The van der Waals surface area contributed by atoms with Crippen LogP contribution in [0.25, 0.3) is 22.2 Å². The number of pyridine rings is 1. The molecule has 3 rings (SSSR count). The van der Waals surface area contributed by atoms with Gasteiger partial charge in [0.1, 0.15) is 0 Å². The van der Waals surface area contributed by atoms with E-state index in [0.29, 0.717) is 16.8 Å². The van der Waals surface area contributed by atoms with E-state index in [9.17, 15) is 13.2 Å². The van der Waals surface area contributed by atoms with E-state index in [1.54, 1.807) is 18.2 Å². The Kier molecular flexibility index (Phi) is 3.39. The molecule has 4 heteroatoms. The monoisotopic (exact) mass is 301 g/mol. The van der Waals surface area contributed by atoms with Crippen molar-refractivity contribution in [2.24, 2.45) is 0 Å². The van der Waals surface area contributed by atoms with Gasteiger partial charge in [0.2, 0.25) is 0 Å². The molecule has 22 heavy (non-hydrogen) atoms. The second kappa shape index (κ2) is 5.13. The minimum Gasteiger partial charge on any atom is -0.248 e. The molecule has 2 aromatic carbocycles. The molecule has 3 aromatic rings. The molecule has 0 aliphatic rings. The molecular formula is C18H14F3N. The number of aryl methyl sites for hydroxylation is 2. The molecule has 0 radical (unpaired) electrons. The minimum absolute atomic E-state index is 0.128. The average molecular weight is 301 g/mol. The molecule has 0 bridgehead atoms. The number of halogens is 3. The van der Waals surface area contributed by atoms with Crippen molar-refractivity contribution in [2.45, 2.75) is 20.0 Å². The molecule has 0 unspecified atom stereocenters. The van der Waals surface area contributed by atoms with Gasteiger partial charge in [0.15, 0.2) is 0 Å². The highest BCUT2D eigenvalue weighted by atomic mass is 19.4. The first-order valence-corrected chi connectivity index (χ1v) is 6.90. The lowest BCUT2D eigenvalue weighted by Gasteiger charge is -2.13. The molecule has 0 saturated heterocycles. The number of alkyl halides is 3. The number of fused-ring (bicyclic) bond motifs is 1. The van der Waals surface area contributed by atoms with Crippen LogP contribution in [0, 0.1) is 13.8 Å². The Balaban J connectivity index is 2.31. The highest BCUT2D eigenvalue weighted by molar-refractivity contribution is 5.85. The maximum Gasteiger partial charge on any atom is 0.417 e. The number of hydrogen-bond donors (Lipinski definition) is 0. The summed E-state index contributed by atoms with van der Waals surface area (Å²) in [5, 5.41) is 0.128. The van der Waals surface area contributed by atoms with E-state index in [-0.39, 0.29) is 5.39 Å². The van der Waals surface area contributed by atoms with Gasteiger partial charge in [-0.05, 0) is 38.1 Å². The maximum atomic E-state index is 13.3. The quantitative estimate of drug-likeness (QED) is 0.575. The van der Waals surface area contributed by atoms with Gasteiger partial charge < -0.3 is 0 Å². The number of nitrogens with zero attached hydrogens (tertiary/aromatic N) is 1. The zero-order valence-corrected chi connectivity index (χ0v) is 12.2. The van der Waals surface area contributed by atoms with Gasteiger partial charge in [-0.15, -0.1) is 0 Å².